The van der Waals surface area contributed by atoms with Gasteiger partial charge in [0.15, 0.2) is 0 Å². The lowest BCUT2D eigenvalue weighted by molar-refractivity contribution is 0.198. The lowest BCUT2D eigenvalue weighted by atomic mass is 10.2. The minimum atomic E-state index is 0.267. The summed E-state index contributed by atoms with van der Waals surface area (Å²) in [5.74, 6) is 6.27. The molecule has 8 heteroatoms. The first kappa shape index (κ1) is 13.8. The average Bonchev–Trinajstić information content (AvgIpc) is 2.46. The Morgan fingerprint density at radius 1 is 1.37 bits per heavy atom. The Bertz CT molecular complexity index is 405. The second-order valence-electron chi connectivity index (χ2n) is 4.51. The Morgan fingerprint density at radius 3 is 2.74 bits per heavy atom. The highest BCUT2D eigenvalue weighted by molar-refractivity contribution is 5.38. The molecular formula is C11H21N7O. The van der Waals surface area contributed by atoms with Gasteiger partial charge in [-0.1, -0.05) is 6.92 Å². The van der Waals surface area contributed by atoms with Crippen molar-refractivity contribution in [3.8, 4) is 6.01 Å². The SMILES string of the molecule is CCN1CCN(c2nc(NN)nc(OC)n2)CC1C. The summed E-state index contributed by atoms with van der Waals surface area (Å²) in [5, 5.41) is 0. The fraction of sp³-hybridized carbons (Fsp3) is 0.727. The van der Waals surface area contributed by atoms with Gasteiger partial charge in [-0.2, -0.15) is 15.0 Å². The number of methoxy groups -OCH3 is 1. The van der Waals surface area contributed by atoms with E-state index in [1.54, 1.807) is 0 Å². The summed E-state index contributed by atoms with van der Waals surface area (Å²) in [5.41, 5.74) is 2.43. The van der Waals surface area contributed by atoms with E-state index in [1.165, 1.54) is 7.11 Å². The van der Waals surface area contributed by atoms with Gasteiger partial charge in [0.05, 0.1) is 7.11 Å². The molecule has 0 bridgehead atoms. The largest absolute Gasteiger partial charge is 0.467 e. The Kier molecular flexibility index (Phi) is 4.33. The minimum absolute atomic E-state index is 0.267. The van der Waals surface area contributed by atoms with Crippen molar-refractivity contribution in [3.05, 3.63) is 0 Å². The summed E-state index contributed by atoms with van der Waals surface area (Å²) < 4.78 is 5.06. The monoisotopic (exact) mass is 267 g/mol. The van der Waals surface area contributed by atoms with Gasteiger partial charge in [-0.05, 0) is 13.5 Å². The van der Waals surface area contributed by atoms with E-state index in [-0.39, 0.29) is 6.01 Å². The maximum Gasteiger partial charge on any atom is 0.322 e. The second-order valence-corrected chi connectivity index (χ2v) is 4.51. The zero-order valence-corrected chi connectivity index (χ0v) is 11.6. The number of aromatic nitrogens is 3. The van der Waals surface area contributed by atoms with Gasteiger partial charge >= 0.3 is 6.01 Å². The van der Waals surface area contributed by atoms with Crippen LogP contribution in [-0.2, 0) is 0 Å². The Balaban J connectivity index is 2.18. The van der Waals surface area contributed by atoms with Crippen LogP contribution in [0.25, 0.3) is 0 Å². The summed E-state index contributed by atoms with van der Waals surface area (Å²) in [7, 11) is 1.52. The molecule has 106 valence electrons. The van der Waals surface area contributed by atoms with Crippen LogP contribution in [0.2, 0.25) is 0 Å². The van der Waals surface area contributed by atoms with Crippen molar-refractivity contribution >= 4 is 11.9 Å². The molecule has 0 radical (unpaired) electrons. The number of hydrazine groups is 1. The molecule has 1 unspecified atom stereocenters. The summed E-state index contributed by atoms with van der Waals surface area (Å²) in [6.07, 6.45) is 0. The summed E-state index contributed by atoms with van der Waals surface area (Å²) in [6.45, 7) is 8.20. The van der Waals surface area contributed by atoms with Crippen LogP contribution in [0.4, 0.5) is 11.9 Å². The fourth-order valence-electron chi connectivity index (χ4n) is 2.29. The topological polar surface area (TPSA) is 92.4 Å². The van der Waals surface area contributed by atoms with Crippen LogP contribution in [0.1, 0.15) is 13.8 Å². The third-order valence-electron chi connectivity index (χ3n) is 3.37. The van der Waals surface area contributed by atoms with Crippen molar-refractivity contribution in [2.24, 2.45) is 5.84 Å². The molecular weight excluding hydrogens is 246 g/mol. The standard InChI is InChI=1S/C11H21N7O/c1-4-17-5-6-18(7-8(17)2)10-13-9(16-12)14-11(15-10)19-3/h8H,4-7,12H2,1-3H3,(H,13,14,15,16). The number of nitrogen functional groups attached to an aromatic ring is 1. The molecule has 1 aliphatic heterocycles. The molecule has 0 spiro atoms. The van der Waals surface area contributed by atoms with Crippen LogP contribution in [0, 0.1) is 0 Å². The molecule has 2 rings (SSSR count). The Morgan fingerprint density at radius 2 is 2.16 bits per heavy atom. The molecule has 0 amide bonds. The van der Waals surface area contributed by atoms with Gasteiger partial charge in [0.25, 0.3) is 0 Å². The average molecular weight is 267 g/mol. The van der Waals surface area contributed by atoms with Crippen molar-refractivity contribution in [1.82, 2.24) is 19.9 Å². The van der Waals surface area contributed by atoms with E-state index in [4.69, 9.17) is 10.6 Å². The summed E-state index contributed by atoms with van der Waals surface area (Å²) >= 11 is 0. The van der Waals surface area contributed by atoms with Crippen LogP contribution < -0.4 is 20.9 Å². The van der Waals surface area contributed by atoms with E-state index in [0.717, 1.165) is 26.2 Å². The first-order chi connectivity index (χ1) is 9.17. The highest BCUT2D eigenvalue weighted by Crippen LogP contribution is 2.18. The smallest absolute Gasteiger partial charge is 0.322 e. The number of rotatable bonds is 4. The maximum atomic E-state index is 5.36. The van der Waals surface area contributed by atoms with Crippen LogP contribution in [0.3, 0.4) is 0 Å². The van der Waals surface area contributed by atoms with Crippen molar-refractivity contribution in [3.63, 3.8) is 0 Å². The van der Waals surface area contributed by atoms with Gasteiger partial charge in [0, 0.05) is 25.7 Å². The Labute approximate surface area is 112 Å². The lowest BCUT2D eigenvalue weighted by Crippen LogP contribution is -2.52. The van der Waals surface area contributed by atoms with Gasteiger partial charge in [0.2, 0.25) is 11.9 Å². The van der Waals surface area contributed by atoms with Crippen LogP contribution in [-0.4, -0.2) is 59.2 Å². The van der Waals surface area contributed by atoms with Gasteiger partial charge in [-0.25, -0.2) is 5.84 Å². The van der Waals surface area contributed by atoms with Gasteiger partial charge < -0.3 is 9.64 Å². The summed E-state index contributed by atoms with van der Waals surface area (Å²) in [4.78, 5) is 17.1. The number of nitrogens with two attached hydrogens (primary N) is 1. The van der Waals surface area contributed by atoms with Crippen LogP contribution in [0.15, 0.2) is 0 Å². The number of ether oxygens (including phenoxy) is 1. The predicted octanol–water partition coefficient (Wildman–Crippen LogP) is -0.304. The quantitative estimate of drug-likeness (QED) is 0.567. The number of hydrogen-bond donors (Lipinski definition) is 2. The predicted molar refractivity (Wildman–Crippen MR) is 73.1 cm³/mol. The third kappa shape index (κ3) is 3.02. The first-order valence-corrected chi connectivity index (χ1v) is 6.43. The first-order valence-electron chi connectivity index (χ1n) is 6.43. The van der Waals surface area contributed by atoms with Crippen molar-refractivity contribution in [2.75, 3.05) is 43.6 Å². The molecule has 1 aromatic rings. The number of nitrogens with zero attached hydrogens (tertiary/aromatic N) is 5. The maximum absolute atomic E-state index is 5.36. The molecule has 0 saturated carbocycles. The van der Waals surface area contributed by atoms with Crippen LogP contribution >= 0.6 is 0 Å². The van der Waals surface area contributed by atoms with E-state index in [1.807, 2.05) is 0 Å². The molecule has 0 aliphatic carbocycles. The molecule has 1 aliphatic rings. The van der Waals surface area contributed by atoms with E-state index >= 15 is 0 Å². The third-order valence-corrected chi connectivity index (χ3v) is 3.37. The van der Waals surface area contributed by atoms with Crippen molar-refractivity contribution < 1.29 is 4.74 Å². The minimum Gasteiger partial charge on any atom is -0.467 e. The highest BCUT2D eigenvalue weighted by Gasteiger charge is 2.24. The highest BCUT2D eigenvalue weighted by atomic mass is 16.5. The number of anilines is 2. The van der Waals surface area contributed by atoms with Crippen LogP contribution in [0.5, 0.6) is 6.01 Å². The fourth-order valence-corrected chi connectivity index (χ4v) is 2.29. The molecule has 0 aromatic carbocycles. The van der Waals surface area contributed by atoms with E-state index < -0.39 is 0 Å². The number of nitrogens with one attached hydrogen (secondary N) is 1. The molecule has 3 N–H and O–H groups in total. The molecule has 1 saturated heterocycles. The van der Waals surface area contributed by atoms with E-state index in [9.17, 15) is 0 Å². The molecule has 2 heterocycles. The number of piperazine rings is 1. The molecule has 1 aromatic heterocycles. The number of likely N-dealkylation sites (N-methyl/N-ethyl adjacent to an activating group) is 1. The van der Waals surface area contributed by atoms with Gasteiger partial charge in [-0.15, -0.1) is 0 Å². The lowest BCUT2D eigenvalue weighted by Gasteiger charge is -2.39. The van der Waals surface area contributed by atoms with E-state index in [2.05, 4.69) is 44.0 Å². The Hall–Kier alpha value is -1.67. The normalized spacial score (nSPS) is 20.4. The zero-order chi connectivity index (χ0) is 13.8. The molecule has 8 nitrogen and oxygen atoms in total. The molecule has 19 heavy (non-hydrogen) atoms. The zero-order valence-electron chi connectivity index (χ0n) is 11.6. The summed E-state index contributed by atoms with van der Waals surface area (Å²) in [6, 6.07) is 0.735. The van der Waals surface area contributed by atoms with Crippen molar-refractivity contribution in [1.29, 1.82) is 0 Å². The van der Waals surface area contributed by atoms with E-state index in [0.29, 0.717) is 17.9 Å². The number of hydrogen-bond acceptors (Lipinski definition) is 8. The molecule has 1 atom stereocenters. The van der Waals surface area contributed by atoms with Gasteiger partial charge in [-0.3, -0.25) is 10.3 Å². The van der Waals surface area contributed by atoms with Gasteiger partial charge in [0.1, 0.15) is 0 Å². The second kappa shape index (κ2) is 5.98. The van der Waals surface area contributed by atoms with Crippen molar-refractivity contribution in [2.45, 2.75) is 19.9 Å². The molecule has 1 fully saturated rings.